The highest BCUT2D eigenvalue weighted by molar-refractivity contribution is 8.14. The molecule has 1 aromatic rings. The molecule has 18 heavy (non-hydrogen) atoms. The molecule has 1 rings (SSSR count). The molecule has 6 N–H and O–H groups in total. The summed E-state index contributed by atoms with van der Waals surface area (Å²) in [6.07, 6.45) is 0. The molecule has 0 aliphatic heterocycles. The SMILES string of the molecule is Cc1cccc(NC(=O)CSC(=N)N=C(N)N)c1. The van der Waals surface area contributed by atoms with Gasteiger partial charge in [-0.2, -0.15) is 4.99 Å². The Balaban J connectivity index is 2.43. The van der Waals surface area contributed by atoms with Crippen molar-refractivity contribution < 1.29 is 4.79 Å². The van der Waals surface area contributed by atoms with E-state index in [2.05, 4.69) is 10.3 Å². The second-order valence-corrected chi connectivity index (χ2v) is 4.51. The van der Waals surface area contributed by atoms with E-state index in [0.29, 0.717) is 0 Å². The number of amidine groups is 1. The van der Waals surface area contributed by atoms with Gasteiger partial charge in [0.05, 0.1) is 5.75 Å². The number of aliphatic imine (C=N–C) groups is 1. The number of carbonyl (C=O) groups is 1. The molecule has 0 saturated heterocycles. The van der Waals surface area contributed by atoms with Gasteiger partial charge in [-0.15, -0.1) is 0 Å². The van der Waals surface area contributed by atoms with Gasteiger partial charge >= 0.3 is 0 Å². The minimum atomic E-state index is -0.207. The van der Waals surface area contributed by atoms with Crippen molar-refractivity contribution in [3.05, 3.63) is 29.8 Å². The summed E-state index contributed by atoms with van der Waals surface area (Å²) in [6, 6.07) is 7.47. The fraction of sp³-hybridized carbons (Fsp3) is 0.182. The zero-order valence-corrected chi connectivity index (χ0v) is 10.8. The fourth-order valence-corrected chi connectivity index (χ4v) is 1.71. The van der Waals surface area contributed by atoms with Crippen LogP contribution in [0, 0.1) is 12.3 Å². The van der Waals surface area contributed by atoms with Crippen molar-refractivity contribution in [1.82, 2.24) is 0 Å². The van der Waals surface area contributed by atoms with E-state index in [9.17, 15) is 4.79 Å². The zero-order chi connectivity index (χ0) is 13.5. The molecule has 0 radical (unpaired) electrons. The van der Waals surface area contributed by atoms with Crippen LogP contribution in [0.25, 0.3) is 0 Å². The van der Waals surface area contributed by atoms with E-state index in [1.807, 2.05) is 25.1 Å². The van der Waals surface area contributed by atoms with Crippen LogP contribution in [0.2, 0.25) is 0 Å². The van der Waals surface area contributed by atoms with E-state index in [1.54, 1.807) is 6.07 Å². The van der Waals surface area contributed by atoms with Crippen LogP contribution in [0.3, 0.4) is 0 Å². The molecule has 0 aliphatic rings. The van der Waals surface area contributed by atoms with Crippen LogP contribution in [0.5, 0.6) is 0 Å². The highest BCUT2D eigenvalue weighted by Crippen LogP contribution is 2.11. The van der Waals surface area contributed by atoms with Gasteiger partial charge in [0.1, 0.15) is 0 Å². The molecule has 0 aliphatic carbocycles. The first-order valence-electron chi connectivity index (χ1n) is 5.15. The number of amides is 1. The van der Waals surface area contributed by atoms with Gasteiger partial charge in [0.25, 0.3) is 0 Å². The van der Waals surface area contributed by atoms with Gasteiger partial charge in [-0.1, -0.05) is 23.9 Å². The number of nitrogens with zero attached hydrogens (tertiary/aromatic N) is 1. The summed E-state index contributed by atoms with van der Waals surface area (Å²) in [5, 5.41) is 10.00. The van der Waals surface area contributed by atoms with Crippen molar-refractivity contribution in [1.29, 1.82) is 5.41 Å². The molecule has 0 heterocycles. The number of thioether (sulfide) groups is 1. The number of hydrogen-bond donors (Lipinski definition) is 4. The monoisotopic (exact) mass is 265 g/mol. The number of aryl methyl sites for hydroxylation is 1. The number of nitrogens with two attached hydrogens (primary N) is 2. The predicted molar refractivity (Wildman–Crippen MR) is 75.8 cm³/mol. The number of hydrogen-bond acceptors (Lipinski definition) is 3. The minimum absolute atomic E-state index is 0.0869. The molecule has 1 amide bonds. The summed E-state index contributed by atoms with van der Waals surface area (Å²) >= 11 is 0.960. The van der Waals surface area contributed by atoms with Crippen LogP contribution >= 0.6 is 11.8 Å². The third-order valence-corrected chi connectivity index (χ3v) is 2.64. The summed E-state index contributed by atoms with van der Waals surface area (Å²) in [7, 11) is 0. The summed E-state index contributed by atoms with van der Waals surface area (Å²) < 4.78 is 0. The highest BCUT2D eigenvalue weighted by atomic mass is 32.2. The van der Waals surface area contributed by atoms with Crippen LogP contribution in [-0.4, -0.2) is 22.8 Å². The van der Waals surface area contributed by atoms with Crippen molar-refractivity contribution in [2.75, 3.05) is 11.1 Å². The molecular formula is C11H15N5OS. The number of anilines is 1. The molecule has 0 atom stereocenters. The summed E-state index contributed by atoms with van der Waals surface area (Å²) in [4.78, 5) is 15.1. The van der Waals surface area contributed by atoms with Gasteiger partial charge in [-0.25, -0.2) is 0 Å². The first-order valence-corrected chi connectivity index (χ1v) is 6.13. The van der Waals surface area contributed by atoms with Crippen LogP contribution in [0.1, 0.15) is 5.56 Å². The normalized spacial score (nSPS) is 9.61. The topological polar surface area (TPSA) is 117 Å². The van der Waals surface area contributed by atoms with Crippen molar-refractivity contribution >= 4 is 34.5 Å². The molecule has 7 heteroatoms. The standard InChI is InChI=1S/C11H15N5OS/c1-7-3-2-4-8(5-7)15-9(17)6-18-11(14)16-10(12)13/h2-5H,6H2,1H3,(H,15,17)(H5,12,13,14,16). The lowest BCUT2D eigenvalue weighted by atomic mass is 10.2. The predicted octanol–water partition coefficient (Wildman–Crippen LogP) is 0.875. The van der Waals surface area contributed by atoms with E-state index in [4.69, 9.17) is 16.9 Å². The van der Waals surface area contributed by atoms with Crippen molar-refractivity contribution in [3.63, 3.8) is 0 Å². The Morgan fingerprint density at radius 2 is 2.22 bits per heavy atom. The van der Waals surface area contributed by atoms with Crippen molar-refractivity contribution in [3.8, 4) is 0 Å². The Labute approximate surface area is 109 Å². The zero-order valence-electron chi connectivity index (χ0n) is 9.93. The number of benzene rings is 1. The molecular weight excluding hydrogens is 250 g/mol. The van der Waals surface area contributed by atoms with Crippen molar-refractivity contribution in [2.24, 2.45) is 16.5 Å². The largest absolute Gasteiger partial charge is 0.370 e. The summed E-state index contributed by atoms with van der Waals surface area (Å²) in [6.45, 7) is 1.94. The summed E-state index contributed by atoms with van der Waals surface area (Å²) in [5.41, 5.74) is 12.0. The van der Waals surface area contributed by atoms with Gasteiger partial charge in [0.2, 0.25) is 5.91 Å². The molecule has 0 bridgehead atoms. The number of rotatable bonds is 3. The average molecular weight is 265 g/mol. The molecule has 0 unspecified atom stereocenters. The third kappa shape index (κ3) is 5.35. The Morgan fingerprint density at radius 1 is 1.50 bits per heavy atom. The maximum absolute atomic E-state index is 11.6. The quantitative estimate of drug-likeness (QED) is 0.479. The lowest BCUT2D eigenvalue weighted by molar-refractivity contribution is -0.113. The van der Waals surface area contributed by atoms with Crippen LogP contribution in [-0.2, 0) is 4.79 Å². The first kappa shape index (κ1) is 14.0. The molecule has 1 aromatic carbocycles. The molecule has 0 aromatic heterocycles. The molecule has 0 fully saturated rings. The third-order valence-electron chi connectivity index (χ3n) is 1.87. The lowest BCUT2D eigenvalue weighted by Gasteiger charge is -2.05. The van der Waals surface area contributed by atoms with E-state index in [0.717, 1.165) is 23.0 Å². The average Bonchev–Trinajstić information content (AvgIpc) is 2.25. The Bertz CT molecular complexity index is 482. The molecule has 96 valence electrons. The Kier molecular flexibility index (Phi) is 5.19. The second kappa shape index (κ2) is 6.65. The molecule has 0 saturated carbocycles. The van der Waals surface area contributed by atoms with Gasteiger partial charge in [-0.3, -0.25) is 10.2 Å². The van der Waals surface area contributed by atoms with Crippen molar-refractivity contribution in [2.45, 2.75) is 6.92 Å². The van der Waals surface area contributed by atoms with Crippen LogP contribution in [0.4, 0.5) is 5.69 Å². The van der Waals surface area contributed by atoms with Crippen LogP contribution < -0.4 is 16.8 Å². The first-order chi connectivity index (χ1) is 8.47. The van der Waals surface area contributed by atoms with E-state index in [-0.39, 0.29) is 22.8 Å². The molecule has 6 nitrogen and oxygen atoms in total. The van der Waals surface area contributed by atoms with E-state index in [1.165, 1.54) is 0 Å². The highest BCUT2D eigenvalue weighted by Gasteiger charge is 2.05. The van der Waals surface area contributed by atoms with Gasteiger partial charge < -0.3 is 16.8 Å². The maximum atomic E-state index is 11.6. The number of carbonyl (C=O) groups excluding carboxylic acids is 1. The Morgan fingerprint density at radius 3 is 2.83 bits per heavy atom. The second-order valence-electron chi connectivity index (χ2n) is 3.55. The number of guanidine groups is 1. The van der Waals surface area contributed by atoms with E-state index < -0.39 is 0 Å². The fourth-order valence-electron chi connectivity index (χ4n) is 1.20. The van der Waals surface area contributed by atoms with Gasteiger partial charge in [0.15, 0.2) is 11.1 Å². The maximum Gasteiger partial charge on any atom is 0.234 e. The van der Waals surface area contributed by atoms with E-state index >= 15 is 0 Å². The summed E-state index contributed by atoms with van der Waals surface area (Å²) in [5.74, 6) is -0.309. The lowest BCUT2D eigenvalue weighted by Crippen LogP contribution is -2.24. The molecule has 0 spiro atoms. The minimum Gasteiger partial charge on any atom is -0.370 e. The van der Waals surface area contributed by atoms with Gasteiger partial charge in [0, 0.05) is 5.69 Å². The smallest absolute Gasteiger partial charge is 0.234 e. The number of nitrogens with one attached hydrogen (secondary N) is 2. The van der Waals surface area contributed by atoms with Crippen LogP contribution in [0.15, 0.2) is 29.3 Å². The Hall–Kier alpha value is -2.02. The van der Waals surface area contributed by atoms with Gasteiger partial charge in [-0.05, 0) is 24.6 Å².